The Hall–Kier alpha value is -1.65. The third-order valence-electron chi connectivity index (χ3n) is 2.58. The number of nitrogens with two attached hydrogens (primary N) is 1. The molecule has 1 heterocycles. The normalized spacial score (nSPS) is 10.3. The predicted octanol–water partition coefficient (Wildman–Crippen LogP) is 3.78. The molecule has 4 nitrogen and oxygen atoms in total. The van der Waals surface area contributed by atoms with Gasteiger partial charge in [-0.25, -0.2) is 4.98 Å². The number of halogens is 2. The minimum Gasteiger partial charge on any atom is -0.382 e. The van der Waals surface area contributed by atoms with E-state index in [0.29, 0.717) is 15.9 Å². The van der Waals surface area contributed by atoms with Gasteiger partial charge in [-0.15, -0.1) is 0 Å². The van der Waals surface area contributed by atoms with Gasteiger partial charge in [-0.1, -0.05) is 29.3 Å². The van der Waals surface area contributed by atoms with Crippen LogP contribution in [0, 0.1) is 0 Å². The average molecular weight is 297 g/mol. The molecule has 0 aliphatic rings. The average Bonchev–Trinajstić information content (AvgIpc) is 2.36. The molecule has 100 valence electrons. The molecule has 2 aromatic rings. The molecule has 0 saturated heterocycles. The smallest absolute Gasteiger partial charge is 0.151 e. The van der Waals surface area contributed by atoms with E-state index in [1.54, 1.807) is 6.07 Å². The highest BCUT2D eigenvalue weighted by atomic mass is 35.5. The van der Waals surface area contributed by atoms with Crippen molar-refractivity contribution in [1.82, 2.24) is 4.98 Å². The molecule has 3 N–H and O–H groups in total. The van der Waals surface area contributed by atoms with Crippen molar-refractivity contribution in [2.75, 3.05) is 30.0 Å². The number of benzene rings is 1. The van der Waals surface area contributed by atoms with E-state index in [-0.39, 0.29) is 5.82 Å². The van der Waals surface area contributed by atoms with Crippen LogP contribution >= 0.6 is 23.2 Å². The Labute approximate surface area is 122 Å². The second-order valence-electron chi connectivity index (χ2n) is 4.26. The maximum absolute atomic E-state index is 6.08. The van der Waals surface area contributed by atoms with Gasteiger partial charge in [-0.05, 0) is 24.3 Å². The van der Waals surface area contributed by atoms with Crippen molar-refractivity contribution in [2.24, 2.45) is 0 Å². The van der Waals surface area contributed by atoms with Crippen molar-refractivity contribution in [3.05, 3.63) is 40.4 Å². The summed E-state index contributed by atoms with van der Waals surface area (Å²) in [5.74, 6) is 0.733. The number of rotatable bonds is 3. The fraction of sp³-hybridized carbons (Fsp3) is 0.154. The van der Waals surface area contributed by atoms with Crippen molar-refractivity contribution in [2.45, 2.75) is 0 Å². The summed E-state index contributed by atoms with van der Waals surface area (Å²) in [7, 11) is 3.95. The van der Waals surface area contributed by atoms with Crippen molar-refractivity contribution >= 4 is 46.2 Å². The molecule has 0 fully saturated rings. The van der Waals surface area contributed by atoms with Gasteiger partial charge >= 0.3 is 0 Å². The summed E-state index contributed by atoms with van der Waals surface area (Å²) in [4.78, 5) is 6.14. The first-order valence-electron chi connectivity index (χ1n) is 5.63. The fourth-order valence-electron chi connectivity index (χ4n) is 1.57. The van der Waals surface area contributed by atoms with Gasteiger partial charge in [0.15, 0.2) is 5.82 Å². The minimum atomic E-state index is 0.248. The lowest BCUT2D eigenvalue weighted by molar-refractivity contribution is 1.13. The van der Waals surface area contributed by atoms with Gasteiger partial charge in [0.1, 0.15) is 5.82 Å². The van der Waals surface area contributed by atoms with E-state index in [1.165, 1.54) is 0 Å². The quantitative estimate of drug-likeness (QED) is 0.905. The first kappa shape index (κ1) is 13.8. The Kier molecular flexibility index (Phi) is 4.02. The van der Waals surface area contributed by atoms with E-state index < -0.39 is 0 Å². The maximum atomic E-state index is 6.08. The van der Waals surface area contributed by atoms with E-state index in [9.17, 15) is 0 Å². The van der Waals surface area contributed by atoms with E-state index in [2.05, 4.69) is 10.3 Å². The molecule has 0 bridgehead atoms. The summed E-state index contributed by atoms with van der Waals surface area (Å²) in [6, 6.07) is 9.45. The Morgan fingerprint density at radius 2 is 1.89 bits per heavy atom. The molecule has 0 amide bonds. The first-order chi connectivity index (χ1) is 8.97. The number of anilines is 4. The van der Waals surface area contributed by atoms with Crippen molar-refractivity contribution < 1.29 is 0 Å². The van der Waals surface area contributed by atoms with Gasteiger partial charge < -0.3 is 16.0 Å². The summed E-state index contributed by atoms with van der Waals surface area (Å²) in [5.41, 5.74) is 7.62. The molecule has 0 spiro atoms. The fourth-order valence-corrected chi connectivity index (χ4v) is 1.97. The lowest BCUT2D eigenvalue weighted by Crippen LogP contribution is -2.08. The van der Waals surface area contributed by atoms with Gasteiger partial charge in [0.05, 0.1) is 10.0 Å². The lowest BCUT2D eigenvalue weighted by atomic mass is 10.2. The molecule has 19 heavy (non-hydrogen) atoms. The third-order valence-corrected chi connectivity index (χ3v) is 3.17. The zero-order chi connectivity index (χ0) is 14.0. The van der Waals surface area contributed by atoms with Crippen molar-refractivity contribution in [1.29, 1.82) is 0 Å². The Morgan fingerprint density at radius 3 is 2.58 bits per heavy atom. The van der Waals surface area contributed by atoms with E-state index in [1.807, 2.05) is 43.3 Å². The number of nitrogen functional groups attached to an aromatic ring is 1. The molecule has 1 aromatic carbocycles. The van der Waals surface area contributed by atoms with Gasteiger partial charge in [-0.2, -0.15) is 0 Å². The van der Waals surface area contributed by atoms with Crippen LogP contribution < -0.4 is 16.0 Å². The predicted molar refractivity (Wildman–Crippen MR) is 82.7 cm³/mol. The lowest BCUT2D eigenvalue weighted by Gasteiger charge is -2.15. The molecule has 0 radical (unpaired) electrons. The van der Waals surface area contributed by atoms with Gasteiger partial charge in [0.2, 0.25) is 0 Å². The second kappa shape index (κ2) is 5.55. The van der Waals surface area contributed by atoms with Crippen LogP contribution in [0.15, 0.2) is 30.3 Å². The minimum absolute atomic E-state index is 0.248. The molecule has 6 heteroatoms. The standard InChI is InChI=1S/C13H14Cl2N4/c1-19(2)9-5-3-4-8(6-9)17-13-11(15)7-10(14)12(16)18-13/h3-7H,1-2H3,(H3,16,17,18). The van der Waals surface area contributed by atoms with Crippen LogP contribution in [-0.4, -0.2) is 19.1 Å². The highest BCUT2D eigenvalue weighted by molar-refractivity contribution is 6.37. The number of hydrogen-bond donors (Lipinski definition) is 2. The summed E-state index contributed by atoms with van der Waals surface area (Å²) < 4.78 is 0. The van der Waals surface area contributed by atoms with Gasteiger partial charge in [0.25, 0.3) is 0 Å². The highest BCUT2D eigenvalue weighted by Crippen LogP contribution is 2.30. The van der Waals surface area contributed by atoms with Crippen LogP contribution in [0.4, 0.5) is 23.0 Å². The van der Waals surface area contributed by atoms with E-state index >= 15 is 0 Å². The summed E-state index contributed by atoms with van der Waals surface area (Å²) in [6.07, 6.45) is 0. The molecular weight excluding hydrogens is 283 g/mol. The topological polar surface area (TPSA) is 54.2 Å². The third kappa shape index (κ3) is 3.22. The van der Waals surface area contributed by atoms with Crippen LogP contribution in [0.5, 0.6) is 0 Å². The van der Waals surface area contributed by atoms with Crippen LogP contribution in [0.3, 0.4) is 0 Å². The Bertz CT molecular complexity index is 599. The molecule has 0 atom stereocenters. The zero-order valence-electron chi connectivity index (χ0n) is 10.6. The summed E-state index contributed by atoms with van der Waals surface area (Å²) in [6.45, 7) is 0. The highest BCUT2D eigenvalue weighted by Gasteiger charge is 2.07. The number of pyridine rings is 1. The molecule has 2 rings (SSSR count). The second-order valence-corrected chi connectivity index (χ2v) is 5.07. The van der Waals surface area contributed by atoms with E-state index in [0.717, 1.165) is 11.4 Å². The number of aromatic nitrogens is 1. The Balaban J connectivity index is 2.31. The Morgan fingerprint density at radius 1 is 1.16 bits per heavy atom. The number of hydrogen-bond acceptors (Lipinski definition) is 4. The molecule has 0 unspecified atom stereocenters. The van der Waals surface area contributed by atoms with Crippen molar-refractivity contribution in [3.63, 3.8) is 0 Å². The summed E-state index contributed by atoms with van der Waals surface area (Å²) in [5, 5.41) is 3.90. The van der Waals surface area contributed by atoms with Crippen LogP contribution in [0.1, 0.15) is 0 Å². The number of nitrogens with zero attached hydrogens (tertiary/aromatic N) is 2. The van der Waals surface area contributed by atoms with Gasteiger partial charge in [-0.3, -0.25) is 0 Å². The first-order valence-corrected chi connectivity index (χ1v) is 6.39. The molecule has 0 aliphatic heterocycles. The monoisotopic (exact) mass is 296 g/mol. The van der Waals surface area contributed by atoms with E-state index in [4.69, 9.17) is 28.9 Å². The zero-order valence-corrected chi connectivity index (χ0v) is 12.1. The van der Waals surface area contributed by atoms with Crippen LogP contribution in [-0.2, 0) is 0 Å². The maximum Gasteiger partial charge on any atom is 0.151 e. The molecule has 1 aromatic heterocycles. The van der Waals surface area contributed by atoms with Gasteiger partial charge in [0, 0.05) is 25.5 Å². The molecule has 0 aliphatic carbocycles. The SMILES string of the molecule is CN(C)c1cccc(Nc2nc(N)c(Cl)cc2Cl)c1. The van der Waals surface area contributed by atoms with Crippen LogP contribution in [0.25, 0.3) is 0 Å². The number of nitrogens with one attached hydrogen (secondary N) is 1. The largest absolute Gasteiger partial charge is 0.382 e. The van der Waals surface area contributed by atoms with Crippen molar-refractivity contribution in [3.8, 4) is 0 Å². The van der Waals surface area contributed by atoms with Crippen LogP contribution in [0.2, 0.25) is 10.0 Å². The molecule has 0 saturated carbocycles. The molecular formula is C13H14Cl2N4. The summed E-state index contributed by atoms with van der Waals surface area (Å²) >= 11 is 11.9.